The molecule has 4 aliphatic rings. The van der Waals surface area contributed by atoms with Gasteiger partial charge in [0.05, 0.1) is 70.7 Å². The average molecular weight is 902 g/mol. The number of hydrogen-bond donors (Lipinski definition) is 2. The first-order chi connectivity index (χ1) is 30.0. The number of rotatable bonds is 11. The van der Waals surface area contributed by atoms with Gasteiger partial charge in [0, 0.05) is 37.2 Å². The summed E-state index contributed by atoms with van der Waals surface area (Å²) >= 11 is 12.7. The number of hydrazine groups is 1. The maximum absolute atomic E-state index is 15.6. The van der Waals surface area contributed by atoms with Gasteiger partial charge in [-0.25, -0.2) is 4.90 Å². The second-order valence-electron chi connectivity index (χ2n) is 15.7. The zero-order valence-electron chi connectivity index (χ0n) is 34.2. The van der Waals surface area contributed by atoms with Crippen molar-refractivity contribution in [1.29, 1.82) is 0 Å². The van der Waals surface area contributed by atoms with Crippen molar-refractivity contribution in [3.63, 3.8) is 0 Å². The predicted octanol–water partition coefficient (Wildman–Crippen LogP) is 6.80. The minimum atomic E-state index is -1.79. The van der Waals surface area contributed by atoms with E-state index in [9.17, 15) is 34.9 Å². The Kier molecular flexibility index (Phi) is 10.7. The Morgan fingerprint density at radius 2 is 1.44 bits per heavy atom. The van der Waals surface area contributed by atoms with Crippen LogP contribution in [0.1, 0.15) is 29.9 Å². The first-order valence-electron chi connectivity index (χ1n) is 19.4. The molecule has 8 rings (SSSR count). The van der Waals surface area contributed by atoms with Gasteiger partial charge in [-0.05, 0) is 72.4 Å². The molecule has 4 aromatic carbocycles. The molecule has 0 spiro atoms. The molecule has 18 nitrogen and oxygen atoms in total. The zero-order valence-corrected chi connectivity index (χ0v) is 35.7. The van der Waals surface area contributed by atoms with Crippen molar-refractivity contribution >= 4 is 75.3 Å². The number of allylic oxidation sites excluding steroid dienone is 2. The molecule has 326 valence electrons. The van der Waals surface area contributed by atoms with Gasteiger partial charge in [0.1, 0.15) is 5.75 Å². The quantitative estimate of drug-likeness (QED) is 0.0684. The highest BCUT2D eigenvalue weighted by molar-refractivity contribution is 6.36. The number of anilines is 3. The van der Waals surface area contributed by atoms with Crippen LogP contribution in [0.5, 0.6) is 23.0 Å². The van der Waals surface area contributed by atoms with Crippen LogP contribution >= 0.6 is 23.2 Å². The maximum Gasteiger partial charge on any atom is 0.301 e. The molecule has 2 heterocycles. The van der Waals surface area contributed by atoms with Crippen LogP contribution in [-0.2, 0) is 24.6 Å². The Morgan fingerprint density at radius 3 is 1.98 bits per heavy atom. The van der Waals surface area contributed by atoms with E-state index >= 15 is 9.59 Å². The fourth-order valence-electron chi connectivity index (χ4n) is 10.0. The largest absolute Gasteiger partial charge is 0.502 e. The van der Waals surface area contributed by atoms with Crippen molar-refractivity contribution in [3.05, 3.63) is 120 Å². The number of fused-ring (bicyclic) bond motifs is 4. The summed E-state index contributed by atoms with van der Waals surface area (Å²) in [4.78, 5) is 85.1. The molecule has 3 fully saturated rings. The van der Waals surface area contributed by atoms with Crippen LogP contribution in [0, 0.1) is 43.9 Å². The molecule has 63 heavy (non-hydrogen) atoms. The smallest absolute Gasteiger partial charge is 0.301 e. The van der Waals surface area contributed by atoms with E-state index in [1.54, 1.807) is 30.3 Å². The molecular formula is C43H38Cl2N6O12. The SMILES string of the molecule is COc1ccc([C@@]23C(=O)N(Nc4ccc(Cl)cc4Cl)C(=O)[C@@H]2C[C@@H]2C(=CC[C@@H]4C(=O)N(c5cc([N+](=O)[O-])c(N(C)C)c([N+](=O)[O-])c5)C(=O)[C@@H]42)[C@@H]3c2cc(OC)c(O)c(OC)c2)cc1. The van der Waals surface area contributed by atoms with Crippen molar-refractivity contribution in [3.8, 4) is 23.0 Å². The number of carbonyl (C=O) groups excluding carboxylic acids is 4. The maximum atomic E-state index is 15.6. The predicted molar refractivity (Wildman–Crippen MR) is 228 cm³/mol. The van der Waals surface area contributed by atoms with E-state index in [-0.39, 0.29) is 52.2 Å². The molecule has 20 heteroatoms. The summed E-state index contributed by atoms with van der Waals surface area (Å²) in [5, 5.41) is 37.0. The molecule has 2 aliphatic carbocycles. The molecule has 1 saturated carbocycles. The Bertz CT molecular complexity index is 2630. The van der Waals surface area contributed by atoms with Crippen molar-refractivity contribution in [2.45, 2.75) is 24.2 Å². The van der Waals surface area contributed by atoms with E-state index in [0.717, 1.165) is 22.0 Å². The van der Waals surface area contributed by atoms with E-state index in [1.807, 2.05) is 0 Å². The molecule has 0 unspecified atom stereocenters. The second-order valence-corrected chi connectivity index (χ2v) is 16.6. The number of hydrogen-bond acceptors (Lipinski definition) is 14. The topological polar surface area (TPSA) is 224 Å². The van der Waals surface area contributed by atoms with E-state index < -0.39 is 79.9 Å². The molecule has 0 aromatic heterocycles. The first-order valence-corrected chi connectivity index (χ1v) is 20.2. The van der Waals surface area contributed by atoms with Crippen molar-refractivity contribution < 1.29 is 48.3 Å². The van der Waals surface area contributed by atoms with Crippen molar-refractivity contribution in [1.82, 2.24) is 5.01 Å². The Balaban J connectivity index is 1.35. The number of aromatic hydroxyl groups is 1. The lowest BCUT2D eigenvalue weighted by atomic mass is 9.49. The summed E-state index contributed by atoms with van der Waals surface area (Å²) in [6.07, 6.45) is 1.57. The summed E-state index contributed by atoms with van der Waals surface area (Å²) in [6, 6.07) is 16.1. The molecule has 0 radical (unpaired) electrons. The molecule has 2 aliphatic heterocycles. The van der Waals surface area contributed by atoms with Gasteiger partial charge in [-0.2, -0.15) is 5.01 Å². The number of benzene rings is 4. The van der Waals surface area contributed by atoms with Gasteiger partial charge in [0.15, 0.2) is 17.2 Å². The lowest BCUT2D eigenvalue weighted by Crippen LogP contribution is -2.53. The summed E-state index contributed by atoms with van der Waals surface area (Å²) in [5.74, 6) is -8.35. The number of imide groups is 2. The lowest BCUT2D eigenvalue weighted by Gasteiger charge is -2.50. The molecule has 0 bridgehead atoms. The number of nitro groups is 2. The fraction of sp³-hybridized carbons (Fsp3) is 0.302. The number of phenolic OH excluding ortho intramolecular Hbond substituents is 1. The highest BCUT2D eigenvalue weighted by Crippen LogP contribution is 2.65. The Morgan fingerprint density at radius 1 is 0.825 bits per heavy atom. The van der Waals surface area contributed by atoms with Crippen molar-refractivity contribution in [2.75, 3.05) is 50.7 Å². The van der Waals surface area contributed by atoms with Crippen LogP contribution in [0.15, 0.2) is 78.4 Å². The third-order valence-electron chi connectivity index (χ3n) is 12.6. The summed E-state index contributed by atoms with van der Waals surface area (Å²) in [6.45, 7) is 0. The zero-order chi connectivity index (χ0) is 45.4. The standard InChI is InChI=1S/C43H38Cl2N6O12/c1-47(2)37-31(50(57)58)17-23(18-32(37)51(59)60)48-39(53)26-12-11-25-27(35(26)41(48)55)19-28-40(54)49(46-30-13-8-22(44)16-29(30)45)42(56)43(28,21-6-9-24(61-3)10-7-21)36(25)20-14-33(62-4)38(52)34(15-20)63-5/h6-11,13-18,26-28,35-36,46,52H,12,19H2,1-5H3/t26-,27+,28-,35-,36-,43+/m0/s1. The third kappa shape index (κ3) is 6.45. The van der Waals surface area contributed by atoms with Gasteiger partial charge in [-0.1, -0.05) is 47.0 Å². The number of halogens is 2. The average Bonchev–Trinajstić information content (AvgIpc) is 3.64. The number of nitrogens with one attached hydrogen (secondary N) is 1. The number of nitro benzene ring substituents is 2. The summed E-state index contributed by atoms with van der Waals surface area (Å²) in [5.41, 5.74) is 0.484. The molecule has 4 aromatic rings. The Labute approximate surface area is 368 Å². The molecule has 4 amide bonds. The van der Waals surface area contributed by atoms with Crippen LogP contribution in [0.4, 0.5) is 28.4 Å². The monoisotopic (exact) mass is 900 g/mol. The van der Waals surface area contributed by atoms with Gasteiger partial charge >= 0.3 is 11.4 Å². The highest BCUT2D eigenvalue weighted by atomic mass is 35.5. The molecule has 2 saturated heterocycles. The molecular weight excluding hydrogens is 863 g/mol. The molecule has 6 atom stereocenters. The minimum absolute atomic E-state index is 0.0236. The second kappa shape index (κ2) is 15.8. The number of nitrogens with zero attached hydrogens (tertiary/aromatic N) is 5. The van der Waals surface area contributed by atoms with Gasteiger partial charge in [0.25, 0.3) is 11.8 Å². The molecule has 2 N–H and O–H groups in total. The van der Waals surface area contributed by atoms with Gasteiger partial charge < -0.3 is 24.2 Å². The van der Waals surface area contributed by atoms with E-state index in [4.69, 9.17) is 37.4 Å². The normalized spacial score (nSPS) is 23.7. The number of ether oxygens (including phenoxy) is 3. The number of amides is 4. The van der Waals surface area contributed by atoms with E-state index in [0.29, 0.717) is 27.5 Å². The summed E-state index contributed by atoms with van der Waals surface area (Å²) < 4.78 is 16.6. The van der Waals surface area contributed by atoms with Gasteiger partial charge in [-0.15, -0.1) is 0 Å². The minimum Gasteiger partial charge on any atom is -0.502 e. The van der Waals surface area contributed by atoms with Crippen LogP contribution in [0.25, 0.3) is 0 Å². The first kappa shape index (κ1) is 42.8. The summed E-state index contributed by atoms with van der Waals surface area (Å²) in [7, 11) is 6.92. The number of methoxy groups -OCH3 is 3. The van der Waals surface area contributed by atoms with Crippen LogP contribution < -0.4 is 29.4 Å². The Hall–Kier alpha value is -6.92. The highest BCUT2D eigenvalue weighted by Gasteiger charge is 2.70. The van der Waals surface area contributed by atoms with Crippen LogP contribution in [0.2, 0.25) is 10.0 Å². The van der Waals surface area contributed by atoms with Crippen LogP contribution in [-0.4, -0.2) is 79.0 Å². The van der Waals surface area contributed by atoms with E-state index in [2.05, 4.69) is 5.43 Å². The fourth-order valence-corrected chi connectivity index (χ4v) is 10.5. The number of carbonyl (C=O) groups is 4. The lowest BCUT2D eigenvalue weighted by molar-refractivity contribution is -0.392. The van der Waals surface area contributed by atoms with Gasteiger partial charge in [-0.3, -0.25) is 44.8 Å². The number of phenols is 1. The van der Waals surface area contributed by atoms with Gasteiger partial charge in [0.2, 0.25) is 17.6 Å². The van der Waals surface area contributed by atoms with Crippen LogP contribution in [0.3, 0.4) is 0 Å². The third-order valence-corrected chi connectivity index (χ3v) is 13.1. The van der Waals surface area contributed by atoms with E-state index in [1.165, 1.54) is 70.7 Å². The van der Waals surface area contributed by atoms with Crippen molar-refractivity contribution in [2.24, 2.45) is 23.7 Å².